The zero-order valence-electron chi connectivity index (χ0n) is 9.12. The Morgan fingerprint density at radius 2 is 2.00 bits per heavy atom. The standard InChI is InChI=1S/C13H14N2O/c1-10(16)13(11-5-4-7-14-9-11)12-6-2-3-8-15-12/h2-10,13,16H,1H3. The quantitative estimate of drug-likeness (QED) is 0.849. The molecule has 2 atom stereocenters. The van der Waals surface area contributed by atoms with E-state index in [0.717, 1.165) is 11.3 Å². The van der Waals surface area contributed by atoms with Crippen LogP contribution in [0.15, 0.2) is 48.9 Å². The third-order valence-corrected chi connectivity index (χ3v) is 2.53. The van der Waals surface area contributed by atoms with Crippen molar-refractivity contribution in [1.82, 2.24) is 9.97 Å². The lowest BCUT2D eigenvalue weighted by Crippen LogP contribution is -2.17. The number of aliphatic hydroxyl groups is 1. The molecule has 0 fully saturated rings. The molecule has 0 aliphatic rings. The predicted molar refractivity (Wildman–Crippen MR) is 62.0 cm³/mol. The fraction of sp³-hybridized carbons (Fsp3) is 0.231. The topological polar surface area (TPSA) is 46.0 Å². The van der Waals surface area contributed by atoms with E-state index >= 15 is 0 Å². The number of aliphatic hydroxyl groups excluding tert-OH is 1. The van der Waals surface area contributed by atoms with Crippen molar-refractivity contribution < 1.29 is 5.11 Å². The summed E-state index contributed by atoms with van der Waals surface area (Å²) in [5.74, 6) is -0.116. The van der Waals surface area contributed by atoms with E-state index < -0.39 is 6.10 Å². The lowest BCUT2D eigenvalue weighted by Gasteiger charge is -2.19. The highest BCUT2D eigenvalue weighted by atomic mass is 16.3. The van der Waals surface area contributed by atoms with Gasteiger partial charge in [0.2, 0.25) is 0 Å². The molecular weight excluding hydrogens is 200 g/mol. The Hall–Kier alpha value is -1.74. The van der Waals surface area contributed by atoms with Crippen molar-refractivity contribution in [2.45, 2.75) is 18.9 Å². The molecule has 0 spiro atoms. The van der Waals surface area contributed by atoms with Gasteiger partial charge in [0.05, 0.1) is 17.7 Å². The third-order valence-electron chi connectivity index (χ3n) is 2.53. The highest BCUT2D eigenvalue weighted by Gasteiger charge is 2.20. The maximum atomic E-state index is 9.85. The molecule has 0 bridgehead atoms. The summed E-state index contributed by atoms with van der Waals surface area (Å²) in [6.07, 6.45) is 4.74. The van der Waals surface area contributed by atoms with Gasteiger partial charge in [0.25, 0.3) is 0 Å². The molecular formula is C13H14N2O. The zero-order chi connectivity index (χ0) is 11.4. The molecule has 0 aliphatic heterocycles. The molecule has 0 saturated carbocycles. The zero-order valence-corrected chi connectivity index (χ0v) is 9.12. The van der Waals surface area contributed by atoms with E-state index in [9.17, 15) is 5.11 Å². The van der Waals surface area contributed by atoms with Crippen LogP contribution in [-0.2, 0) is 0 Å². The second-order valence-electron chi connectivity index (χ2n) is 3.76. The molecule has 0 aliphatic carbocycles. The van der Waals surface area contributed by atoms with Gasteiger partial charge in [-0.15, -0.1) is 0 Å². The minimum absolute atomic E-state index is 0.116. The fourth-order valence-electron chi connectivity index (χ4n) is 1.82. The van der Waals surface area contributed by atoms with Crippen LogP contribution in [0.5, 0.6) is 0 Å². The van der Waals surface area contributed by atoms with Crippen LogP contribution in [0.2, 0.25) is 0 Å². The van der Waals surface area contributed by atoms with Gasteiger partial charge in [-0.3, -0.25) is 9.97 Å². The Bertz CT molecular complexity index is 389. The molecule has 16 heavy (non-hydrogen) atoms. The van der Waals surface area contributed by atoms with Crippen LogP contribution >= 0.6 is 0 Å². The van der Waals surface area contributed by atoms with Gasteiger partial charge in [-0.25, -0.2) is 0 Å². The van der Waals surface area contributed by atoms with Gasteiger partial charge < -0.3 is 5.11 Å². The van der Waals surface area contributed by atoms with Gasteiger partial charge in [-0.05, 0) is 30.7 Å². The average Bonchev–Trinajstić information content (AvgIpc) is 2.31. The molecule has 1 N–H and O–H groups in total. The summed E-state index contributed by atoms with van der Waals surface area (Å²) in [4.78, 5) is 8.36. The Labute approximate surface area is 94.8 Å². The van der Waals surface area contributed by atoms with Crippen molar-refractivity contribution >= 4 is 0 Å². The van der Waals surface area contributed by atoms with Crippen LogP contribution in [0, 0.1) is 0 Å². The molecule has 0 aromatic carbocycles. The van der Waals surface area contributed by atoms with Gasteiger partial charge >= 0.3 is 0 Å². The lowest BCUT2D eigenvalue weighted by molar-refractivity contribution is 0.174. The second-order valence-corrected chi connectivity index (χ2v) is 3.76. The molecule has 2 aromatic rings. The van der Waals surface area contributed by atoms with E-state index in [1.165, 1.54) is 0 Å². The normalized spacial score (nSPS) is 14.4. The molecule has 82 valence electrons. The van der Waals surface area contributed by atoms with Crippen molar-refractivity contribution in [3.63, 3.8) is 0 Å². The summed E-state index contributed by atoms with van der Waals surface area (Å²) in [5.41, 5.74) is 1.85. The summed E-state index contributed by atoms with van der Waals surface area (Å²) >= 11 is 0. The third kappa shape index (κ3) is 2.25. The van der Waals surface area contributed by atoms with Gasteiger partial charge in [-0.1, -0.05) is 12.1 Å². The molecule has 2 heterocycles. The first-order valence-electron chi connectivity index (χ1n) is 5.28. The van der Waals surface area contributed by atoms with Crippen LogP contribution in [0.3, 0.4) is 0 Å². The van der Waals surface area contributed by atoms with Crippen LogP contribution < -0.4 is 0 Å². The highest BCUT2D eigenvalue weighted by molar-refractivity contribution is 5.27. The van der Waals surface area contributed by atoms with E-state index in [0.29, 0.717) is 0 Å². The van der Waals surface area contributed by atoms with Crippen molar-refractivity contribution in [2.24, 2.45) is 0 Å². The largest absolute Gasteiger partial charge is 0.392 e. The van der Waals surface area contributed by atoms with Crippen molar-refractivity contribution in [1.29, 1.82) is 0 Å². The summed E-state index contributed by atoms with van der Waals surface area (Å²) < 4.78 is 0. The number of pyridine rings is 2. The average molecular weight is 214 g/mol. The molecule has 2 unspecified atom stereocenters. The van der Waals surface area contributed by atoms with Crippen LogP contribution in [-0.4, -0.2) is 21.2 Å². The van der Waals surface area contributed by atoms with E-state index in [-0.39, 0.29) is 5.92 Å². The number of hydrogen-bond donors (Lipinski definition) is 1. The maximum Gasteiger partial charge on any atom is 0.0637 e. The highest BCUT2D eigenvalue weighted by Crippen LogP contribution is 2.25. The smallest absolute Gasteiger partial charge is 0.0637 e. The summed E-state index contributed by atoms with van der Waals surface area (Å²) in [6.45, 7) is 1.77. The first kappa shape index (κ1) is 10.8. The molecule has 2 rings (SSSR count). The Morgan fingerprint density at radius 3 is 2.56 bits per heavy atom. The second kappa shape index (κ2) is 4.86. The summed E-state index contributed by atoms with van der Waals surface area (Å²) in [6, 6.07) is 9.54. The number of rotatable bonds is 3. The molecule has 3 nitrogen and oxygen atoms in total. The number of hydrogen-bond acceptors (Lipinski definition) is 3. The SMILES string of the molecule is CC(O)C(c1cccnc1)c1ccccn1. The first-order chi connectivity index (χ1) is 7.79. The van der Waals surface area contributed by atoms with Crippen molar-refractivity contribution in [3.8, 4) is 0 Å². The lowest BCUT2D eigenvalue weighted by atomic mass is 9.92. The van der Waals surface area contributed by atoms with Gasteiger partial charge in [0, 0.05) is 18.6 Å². The van der Waals surface area contributed by atoms with Crippen LogP contribution in [0.1, 0.15) is 24.1 Å². The summed E-state index contributed by atoms with van der Waals surface area (Å²) in [5, 5.41) is 9.85. The maximum absolute atomic E-state index is 9.85. The molecule has 0 saturated heterocycles. The van der Waals surface area contributed by atoms with E-state index in [1.54, 1.807) is 25.5 Å². The van der Waals surface area contributed by atoms with E-state index in [2.05, 4.69) is 9.97 Å². The monoisotopic (exact) mass is 214 g/mol. The Balaban J connectivity index is 2.40. The van der Waals surface area contributed by atoms with Gasteiger partial charge in [0.15, 0.2) is 0 Å². The fourth-order valence-corrected chi connectivity index (χ4v) is 1.82. The summed E-state index contributed by atoms with van der Waals surface area (Å²) in [7, 11) is 0. The molecule has 0 amide bonds. The minimum Gasteiger partial charge on any atom is -0.392 e. The molecule has 2 aromatic heterocycles. The van der Waals surface area contributed by atoms with Crippen LogP contribution in [0.25, 0.3) is 0 Å². The van der Waals surface area contributed by atoms with Crippen LogP contribution in [0.4, 0.5) is 0 Å². The Morgan fingerprint density at radius 1 is 1.12 bits per heavy atom. The first-order valence-corrected chi connectivity index (χ1v) is 5.28. The van der Waals surface area contributed by atoms with Crippen molar-refractivity contribution in [2.75, 3.05) is 0 Å². The number of nitrogens with zero attached hydrogens (tertiary/aromatic N) is 2. The molecule has 0 radical (unpaired) electrons. The predicted octanol–water partition coefficient (Wildman–Crippen LogP) is 1.99. The number of aromatic nitrogens is 2. The minimum atomic E-state index is -0.487. The van der Waals surface area contributed by atoms with Gasteiger partial charge in [-0.2, -0.15) is 0 Å². The molecule has 3 heteroatoms. The van der Waals surface area contributed by atoms with E-state index in [1.807, 2.05) is 30.3 Å². The van der Waals surface area contributed by atoms with Gasteiger partial charge in [0.1, 0.15) is 0 Å². The van der Waals surface area contributed by atoms with Crippen molar-refractivity contribution in [3.05, 3.63) is 60.2 Å². The van der Waals surface area contributed by atoms with E-state index in [4.69, 9.17) is 0 Å². The Kier molecular flexibility index (Phi) is 3.27.